The molecule has 46 heavy (non-hydrogen) atoms. The van der Waals surface area contributed by atoms with E-state index < -0.39 is 31.5 Å². The third-order valence-corrected chi connectivity index (χ3v) is 11.7. The second kappa shape index (κ2) is 14.3. The molecule has 0 unspecified atom stereocenters. The number of unbranched alkanes of at least 4 members (excludes halogenated alkanes) is 1. The summed E-state index contributed by atoms with van der Waals surface area (Å²) in [6.45, 7) is 10.5. The average molecular weight is 655 g/mol. The van der Waals surface area contributed by atoms with Gasteiger partial charge >= 0.3 is 12.1 Å². The first-order chi connectivity index (χ1) is 21.9. The van der Waals surface area contributed by atoms with Gasteiger partial charge in [0.05, 0.1) is 12.7 Å². The Labute approximate surface area is 273 Å². The van der Waals surface area contributed by atoms with Crippen LogP contribution in [-0.2, 0) is 30.5 Å². The van der Waals surface area contributed by atoms with Gasteiger partial charge in [0.1, 0.15) is 18.7 Å². The van der Waals surface area contributed by atoms with Crippen molar-refractivity contribution in [3.05, 3.63) is 35.9 Å². The van der Waals surface area contributed by atoms with E-state index in [0.717, 1.165) is 18.0 Å². The van der Waals surface area contributed by atoms with Crippen molar-refractivity contribution in [3.63, 3.8) is 0 Å². The fourth-order valence-corrected chi connectivity index (χ4v) is 7.83. The van der Waals surface area contributed by atoms with E-state index in [2.05, 4.69) is 19.6 Å². The molecule has 1 aromatic rings. The fraction of sp³-hybridized carbons (Fsp3) is 0.676. The number of benzene rings is 1. The maximum atomic E-state index is 13.9. The van der Waals surface area contributed by atoms with Crippen molar-refractivity contribution < 1.29 is 33.4 Å². The maximum Gasteiger partial charge on any atom is 0.333 e. The van der Waals surface area contributed by atoms with E-state index in [0.29, 0.717) is 71.2 Å². The smallest absolute Gasteiger partial charge is 0.333 e. The SMILES string of the molecule is CCCCN1C(=O)CC(=O)N(C2CCC(CN3C(=O)N(COCC[Si](C)(C)C)C(=O)C34CC(OCc3ccccc3)C4)CC2)C1=O. The van der Waals surface area contributed by atoms with Crippen molar-refractivity contribution in [1.82, 2.24) is 19.6 Å². The molecule has 2 saturated heterocycles. The Morgan fingerprint density at radius 3 is 2.24 bits per heavy atom. The monoisotopic (exact) mass is 654 g/mol. The lowest BCUT2D eigenvalue weighted by molar-refractivity contribution is -0.153. The molecule has 0 radical (unpaired) electrons. The van der Waals surface area contributed by atoms with Crippen molar-refractivity contribution in [2.45, 2.75) is 115 Å². The zero-order valence-corrected chi connectivity index (χ0v) is 28.9. The Morgan fingerprint density at radius 1 is 0.891 bits per heavy atom. The summed E-state index contributed by atoms with van der Waals surface area (Å²) in [4.78, 5) is 71.7. The summed E-state index contributed by atoms with van der Waals surface area (Å²) < 4.78 is 12.0. The van der Waals surface area contributed by atoms with E-state index in [1.54, 1.807) is 4.90 Å². The van der Waals surface area contributed by atoms with Crippen LogP contribution in [-0.4, -0.2) is 102 Å². The highest BCUT2D eigenvalue weighted by atomic mass is 28.3. The molecule has 2 aliphatic carbocycles. The van der Waals surface area contributed by atoms with E-state index in [4.69, 9.17) is 9.47 Å². The molecule has 0 atom stereocenters. The summed E-state index contributed by atoms with van der Waals surface area (Å²) in [5.74, 6) is -0.933. The molecule has 1 spiro atoms. The number of carbonyl (C=O) groups is 5. The van der Waals surface area contributed by atoms with E-state index >= 15 is 0 Å². The third kappa shape index (κ3) is 7.39. The lowest BCUT2D eigenvalue weighted by Crippen LogP contribution is -2.62. The topological polar surface area (TPSA) is 117 Å². The predicted molar refractivity (Wildman–Crippen MR) is 174 cm³/mol. The average Bonchev–Trinajstić information content (AvgIpc) is 3.19. The molecule has 4 aliphatic rings. The minimum absolute atomic E-state index is 0.0465. The van der Waals surface area contributed by atoms with Crippen LogP contribution in [0.15, 0.2) is 30.3 Å². The van der Waals surface area contributed by atoms with E-state index in [1.807, 2.05) is 37.3 Å². The molecule has 2 heterocycles. The molecule has 12 heteroatoms. The van der Waals surface area contributed by atoms with Gasteiger partial charge in [-0.1, -0.05) is 63.3 Å². The molecule has 0 aromatic heterocycles. The van der Waals surface area contributed by atoms with Crippen LogP contribution in [0.1, 0.15) is 70.3 Å². The molecule has 11 nitrogen and oxygen atoms in total. The number of rotatable bonds is 14. The minimum atomic E-state index is -1.33. The van der Waals surface area contributed by atoms with Gasteiger partial charge in [0, 0.05) is 46.7 Å². The highest BCUT2D eigenvalue weighted by molar-refractivity contribution is 6.76. The van der Waals surface area contributed by atoms with Gasteiger partial charge in [-0.05, 0) is 49.6 Å². The second-order valence-corrected chi connectivity index (χ2v) is 20.3. The van der Waals surface area contributed by atoms with Gasteiger partial charge in [0.2, 0.25) is 11.8 Å². The van der Waals surface area contributed by atoms with Gasteiger partial charge in [0.25, 0.3) is 5.91 Å². The number of imide groups is 3. The standard InChI is InChI=1S/C34H50N4O7Si/c1-5-6-16-35-29(39)19-30(40)38(33(35)43)27-14-12-25(13-15-27)22-37-32(42)36(24-44-17-18-46(2,3)4)31(41)34(37)20-28(21-34)45-23-26-10-8-7-9-11-26/h7-11,25,27-28H,5-6,12-24H2,1-4H3. The van der Waals surface area contributed by atoms with Crippen LogP contribution in [0.5, 0.6) is 0 Å². The number of ether oxygens (including phenoxy) is 2. The van der Waals surface area contributed by atoms with Crippen LogP contribution in [0.25, 0.3) is 0 Å². The number of hydrogen-bond acceptors (Lipinski definition) is 7. The highest BCUT2D eigenvalue weighted by Crippen LogP contribution is 2.47. The number of urea groups is 2. The largest absolute Gasteiger partial charge is 0.373 e. The van der Waals surface area contributed by atoms with Crippen LogP contribution in [0.4, 0.5) is 9.59 Å². The second-order valence-electron chi connectivity index (χ2n) is 14.6. The number of carbonyl (C=O) groups excluding carboxylic acids is 5. The lowest BCUT2D eigenvalue weighted by atomic mass is 9.72. The number of barbiturate groups is 1. The van der Waals surface area contributed by atoms with Gasteiger partial charge in [-0.25, -0.2) is 14.5 Å². The van der Waals surface area contributed by atoms with Crippen molar-refractivity contribution in [1.29, 1.82) is 0 Å². The summed E-state index contributed by atoms with van der Waals surface area (Å²) in [6.07, 6.45) is 4.67. The molecule has 7 amide bonds. The first kappa shape index (κ1) is 34.2. The van der Waals surface area contributed by atoms with Crippen LogP contribution < -0.4 is 0 Å². The molecule has 4 fully saturated rings. The van der Waals surface area contributed by atoms with E-state index in [9.17, 15) is 24.0 Å². The summed E-state index contributed by atoms with van der Waals surface area (Å²) >= 11 is 0. The fourth-order valence-electron chi connectivity index (χ4n) is 7.07. The van der Waals surface area contributed by atoms with Crippen LogP contribution in [0.3, 0.4) is 0 Å². The third-order valence-electron chi connectivity index (χ3n) is 9.96. The first-order valence-corrected chi connectivity index (χ1v) is 20.7. The van der Waals surface area contributed by atoms with Gasteiger partial charge in [0.15, 0.2) is 0 Å². The van der Waals surface area contributed by atoms with Crippen molar-refractivity contribution in [2.75, 3.05) is 26.4 Å². The molecular formula is C34H50N4O7Si. The van der Waals surface area contributed by atoms with Crippen LogP contribution in [0, 0.1) is 5.92 Å². The normalized spacial score (nSPS) is 27.3. The Kier molecular flexibility index (Phi) is 10.7. The van der Waals surface area contributed by atoms with Crippen LogP contribution >= 0.6 is 0 Å². The van der Waals surface area contributed by atoms with Gasteiger partial charge in [-0.3, -0.25) is 24.2 Å². The molecule has 2 saturated carbocycles. The van der Waals surface area contributed by atoms with Crippen molar-refractivity contribution >= 4 is 37.9 Å². The highest BCUT2D eigenvalue weighted by Gasteiger charge is 2.64. The van der Waals surface area contributed by atoms with Gasteiger partial charge in [-0.2, -0.15) is 0 Å². The first-order valence-electron chi connectivity index (χ1n) is 17.0. The van der Waals surface area contributed by atoms with E-state index in [1.165, 1.54) is 14.7 Å². The number of hydrogen-bond donors (Lipinski definition) is 0. The quantitative estimate of drug-likeness (QED) is 0.117. The zero-order valence-electron chi connectivity index (χ0n) is 27.9. The Balaban J connectivity index is 1.22. The molecule has 5 rings (SSSR count). The molecule has 2 aliphatic heterocycles. The molecule has 252 valence electrons. The Hall–Kier alpha value is -3.09. The molecule has 0 bridgehead atoms. The number of nitrogens with zero attached hydrogens (tertiary/aromatic N) is 4. The maximum absolute atomic E-state index is 13.9. The number of amides is 7. The lowest BCUT2D eigenvalue weighted by Gasteiger charge is -2.48. The molecular weight excluding hydrogens is 604 g/mol. The Bertz CT molecular complexity index is 1290. The molecule has 0 N–H and O–H groups in total. The van der Waals surface area contributed by atoms with Crippen molar-refractivity contribution in [3.8, 4) is 0 Å². The summed E-state index contributed by atoms with van der Waals surface area (Å²) in [7, 11) is -1.33. The van der Waals surface area contributed by atoms with E-state index in [-0.39, 0.29) is 43.2 Å². The van der Waals surface area contributed by atoms with Crippen molar-refractivity contribution in [2.24, 2.45) is 5.92 Å². The Morgan fingerprint density at radius 2 is 1.59 bits per heavy atom. The summed E-state index contributed by atoms with van der Waals surface area (Å²) in [6, 6.07) is 9.77. The summed E-state index contributed by atoms with van der Waals surface area (Å²) in [5, 5.41) is 0. The van der Waals surface area contributed by atoms with Crippen LogP contribution in [0.2, 0.25) is 25.7 Å². The van der Waals surface area contributed by atoms with Gasteiger partial charge < -0.3 is 14.4 Å². The van der Waals surface area contributed by atoms with Gasteiger partial charge in [-0.15, -0.1) is 0 Å². The predicted octanol–water partition coefficient (Wildman–Crippen LogP) is 5.22. The zero-order chi connectivity index (χ0) is 33.1. The summed E-state index contributed by atoms with van der Waals surface area (Å²) in [5.41, 5.74) is 0.128. The minimum Gasteiger partial charge on any atom is -0.373 e. The molecule has 1 aromatic carbocycles.